The first-order chi connectivity index (χ1) is 13.7. The summed E-state index contributed by atoms with van der Waals surface area (Å²) >= 11 is 1.56. The number of carbonyl (C=O) groups is 1. The van der Waals surface area contributed by atoms with Crippen molar-refractivity contribution in [1.82, 2.24) is 5.32 Å². The van der Waals surface area contributed by atoms with Crippen molar-refractivity contribution < 1.29 is 9.90 Å². The predicted octanol–water partition coefficient (Wildman–Crippen LogP) is 4.68. The molecule has 4 heteroatoms. The molecule has 0 saturated heterocycles. The van der Waals surface area contributed by atoms with Crippen LogP contribution < -0.4 is 5.32 Å². The third-order valence-corrected chi connectivity index (χ3v) is 6.59. The molecule has 4 rings (SSSR count). The second-order valence-electron chi connectivity index (χ2n) is 7.53. The zero-order valence-corrected chi connectivity index (χ0v) is 16.6. The minimum Gasteiger partial charge on any atom is -0.382 e. The molecule has 1 fully saturated rings. The lowest BCUT2D eigenvalue weighted by Gasteiger charge is -2.28. The first kappa shape index (κ1) is 18.9. The van der Waals surface area contributed by atoms with Gasteiger partial charge in [-0.05, 0) is 41.3 Å². The highest BCUT2D eigenvalue weighted by Gasteiger charge is 2.46. The van der Waals surface area contributed by atoms with Gasteiger partial charge in [-0.15, -0.1) is 11.3 Å². The highest BCUT2D eigenvalue weighted by Crippen LogP contribution is 2.46. The van der Waals surface area contributed by atoms with Crippen LogP contribution in [0.1, 0.15) is 41.2 Å². The van der Waals surface area contributed by atoms with Crippen LogP contribution in [0.4, 0.5) is 0 Å². The van der Waals surface area contributed by atoms with Gasteiger partial charge in [-0.25, -0.2) is 0 Å². The van der Waals surface area contributed by atoms with Crippen LogP contribution >= 0.6 is 11.3 Å². The number of thiophene rings is 1. The van der Waals surface area contributed by atoms with Gasteiger partial charge in [-0.3, -0.25) is 4.79 Å². The molecule has 3 aromatic rings. The first-order valence-electron chi connectivity index (χ1n) is 9.80. The molecule has 1 saturated carbocycles. The van der Waals surface area contributed by atoms with Crippen molar-refractivity contribution in [1.29, 1.82) is 0 Å². The van der Waals surface area contributed by atoms with E-state index in [0.717, 1.165) is 28.8 Å². The Morgan fingerprint density at radius 3 is 2.11 bits per heavy atom. The molecular weight excluding hydrogens is 366 g/mol. The Balaban J connectivity index is 1.48. The summed E-state index contributed by atoms with van der Waals surface area (Å²) in [6, 6.07) is 24.2. The summed E-state index contributed by atoms with van der Waals surface area (Å²) in [7, 11) is 0. The van der Waals surface area contributed by atoms with Gasteiger partial charge in [0, 0.05) is 17.2 Å². The molecule has 1 aromatic heterocycles. The number of amides is 1. The number of benzene rings is 2. The summed E-state index contributed by atoms with van der Waals surface area (Å²) in [4.78, 5) is 13.8. The molecule has 1 amide bonds. The Morgan fingerprint density at radius 1 is 1.00 bits per heavy atom. The van der Waals surface area contributed by atoms with Crippen molar-refractivity contribution in [2.24, 2.45) is 5.92 Å². The SMILES string of the molecule is O=C(CC(c1ccccc1)c1ccccc1)NCC(O)(c1cccs1)C1CC1. The van der Waals surface area contributed by atoms with Crippen molar-refractivity contribution >= 4 is 17.2 Å². The fourth-order valence-corrected chi connectivity index (χ4v) is 4.71. The molecule has 0 radical (unpaired) electrons. The quantitative estimate of drug-likeness (QED) is 0.585. The van der Waals surface area contributed by atoms with Crippen molar-refractivity contribution in [3.05, 3.63) is 94.2 Å². The van der Waals surface area contributed by atoms with Crippen molar-refractivity contribution in [3.63, 3.8) is 0 Å². The maximum Gasteiger partial charge on any atom is 0.221 e. The van der Waals surface area contributed by atoms with Gasteiger partial charge in [0.05, 0.1) is 6.54 Å². The summed E-state index contributed by atoms with van der Waals surface area (Å²) in [6.07, 6.45) is 2.39. The molecule has 0 aliphatic heterocycles. The van der Waals surface area contributed by atoms with Gasteiger partial charge in [0.15, 0.2) is 0 Å². The normalized spacial score (nSPS) is 15.9. The maximum atomic E-state index is 12.8. The smallest absolute Gasteiger partial charge is 0.221 e. The molecule has 1 aliphatic rings. The summed E-state index contributed by atoms with van der Waals surface area (Å²) in [5.74, 6) is 0.206. The third-order valence-electron chi connectivity index (χ3n) is 5.55. The first-order valence-corrected chi connectivity index (χ1v) is 10.7. The number of carbonyl (C=O) groups excluding carboxylic acids is 1. The second-order valence-corrected chi connectivity index (χ2v) is 8.48. The largest absolute Gasteiger partial charge is 0.382 e. The van der Waals surface area contributed by atoms with E-state index >= 15 is 0 Å². The van der Waals surface area contributed by atoms with Crippen molar-refractivity contribution in [2.45, 2.75) is 30.8 Å². The predicted molar refractivity (Wildman–Crippen MR) is 113 cm³/mol. The second kappa shape index (κ2) is 8.29. The average Bonchev–Trinajstić information content (AvgIpc) is 3.46. The lowest BCUT2D eigenvalue weighted by molar-refractivity contribution is -0.122. The van der Waals surface area contributed by atoms with Gasteiger partial charge in [0.1, 0.15) is 5.60 Å². The van der Waals surface area contributed by atoms with E-state index in [4.69, 9.17) is 0 Å². The van der Waals surface area contributed by atoms with Gasteiger partial charge in [-0.2, -0.15) is 0 Å². The summed E-state index contributed by atoms with van der Waals surface area (Å²) < 4.78 is 0. The Morgan fingerprint density at radius 2 is 1.61 bits per heavy atom. The van der Waals surface area contributed by atoms with Crippen LogP contribution in [0.5, 0.6) is 0 Å². The van der Waals surface area contributed by atoms with Crippen LogP contribution in [0.15, 0.2) is 78.2 Å². The number of hydrogen-bond acceptors (Lipinski definition) is 3. The number of rotatable bonds is 8. The van der Waals surface area contributed by atoms with Gasteiger partial charge < -0.3 is 10.4 Å². The highest BCUT2D eigenvalue weighted by molar-refractivity contribution is 7.10. The van der Waals surface area contributed by atoms with E-state index in [0.29, 0.717) is 6.42 Å². The Hall–Kier alpha value is -2.43. The molecule has 144 valence electrons. The standard InChI is InChI=1S/C24H25NO2S/c26-23(25-17-24(27,20-13-14-20)22-12-7-15-28-22)16-21(18-8-3-1-4-9-18)19-10-5-2-6-11-19/h1-12,15,20-21,27H,13-14,16-17H2,(H,25,26). The molecule has 1 unspecified atom stereocenters. The van der Waals surface area contributed by atoms with Crippen LogP contribution in [-0.2, 0) is 10.4 Å². The Kier molecular flexibility index (Phi) is 5.60. The summed E-state index contributed by atoms with van der Waals surface area (Å²) in [6.45, 7) is 0.271. The number of aliphatic hydroxyl groups is 1. The van der Waals surface area contributed by atoms with E-state index in [1.54, 1.807) is 11.3 Å². The van der Waals surface area contributed by atoms with E-state index in [1.807, 2.05) is 53.9 Å². The van der Waals surface area contributed by atoms with Crippen LogP contribution in [-0.4, -0.2) is 17.6 Å². The van der Waals surface area contributed by atoms with Crippen LogP contribution in [0.3, 0.4) is 0 Å². The number of hydrogen-bond donors (Lipinski definition) is 2. The molecule has 28 heavy (non-hydrogen) atoms. The van der Waals surface area contributed by atoms with Gasteiger partial charge in [-0.1, -0.05) is 66.7 Å². The van der Waals surface area contributed by atoms with Gasteiger partial charge in [0.2, 0.25) is 5.91 Å². The van der Waals surface area contributed by atoms with E-state index in [2.05, 4.69) is 29.6 Å². The van der Waals surface area contributed by atoms with Gasteiger partial charge >= 0.3 is 0 Å². The highest BCUT2D eigenvalue weighted by atomic mass is 32.1. The van der Waals surface area contributed by atoms with Crippen LogP contribution in [0.2, 0.25) is 0 Å². The van der Waals surface area contributed by atoms with E-state index in [-0.39, 0.29) is 24.3 Å². The molecule has 1 aliphatic carbocycles. The van der Waals surface area contributed by atoms with Crippen LogP contribution in [0.25, 0.3) is 0 Å². The molecular formula is C24H25NO2S. The van der Waals surface area contributed by atoms with E-state index < -0.39 is 5.60 Å². The van der Waals surface area contributed by atoms with Crippen molar-refractivity contribution in [2.75, 3.05) is 6.54 Å². The Bertz CT molecular complexity index is 851. The zero-order valence-electron chi connectivity index (χ0n) is 15.8. The fourth-order valence-electron chi connectivity index (χ4n) is 3.81. The molecule has 1 atom stereocenters. The van der Waals surface area contributed by atoms with E-state index in [1.165, 1.54) is 0 Å². The molecule has 0 spiro atoms. The molecule has 1 heterocycles. The topological polar surface area (TPSA) is 49.3 Å². The summed E-state index contributed by atoms with van der Waals surface area (Å²) in [5, 5.41) is 16.2. The van der Waals surface area contributed by atoms with E-state index in [9.17, 15) is 9.90 Å². The third kappa shape index (κ3) is 4.18. The van der Waals surface area contributed by atoms with Crippen LogP contribution in [0, 0.1) is 5.92 Å². The lowest BCUT2D eigenvalue weighted by atomic mass is 9.88. The molecule has 3 nitrogen and oxygen atoms in total. The van der Waals surface area contributed by atoms with Crippen molar-refractivity contribution in [3.8, 4) is 0 Å². The monoisotopic (exact) mass is 391 g/mol. The minimum absolute atomic E-state index is 0.00171. The van der Waals surface area contributed by atoms with Gasteiger partial charge in [0.25, 0.3) is 0 Å². The Labute approximate surface area is 170 Å². The average molecular weight is 392 g/mol. The molecule has 0 bridgehead atoms. The summed E-state index contributed by atoms with van der Waals surface area (Å²) in [5.41, 5.74) is 1.30. The minimum atomic E-state index is -0.946. The molecule has 2 aromatic carbocycles. The fraction of sp³-hybridized carbons (Fsp3) is 0.292. The maximum absolute atomic E-state index is 12.8. The lowest BCUT2D eigenvalue weighted by Crippen LogP contribution is -2.42. The number of nitrogens with one attached hydrogen (secondary N) is 1. The zero-order chi connectivity index (χ0) is 19.4. The molecule has 2 N–H and O–H groups in total.